The molecule has 1 aliphatic heterocycles. The van der Waals surface area contributed by atoms with Crippen molar-refractivity contribution >= 4 is 29.0 Å². The maximum atomic E-state index is 12.0. The lowest BCUT2D eigenvalue weighted by atomic mass is 10.2. The highest BCUT2D eigenvalue weighted by Crippen LogP contribution is 2.27. The molecule has 0 bridgehead atoms. The largest absolute Gasteiger partial charge is 0.444 e. The number of amides is 1. The molecular weight excluding hydrogens is 284 g/mol. The van der Waals surface area contributed by atoms with Gasteiger partial charge in [0.25, 0.3) is 0 Å². The number of hydrogen-bond donors (Lipinski definition) is 1. The van der Waals surface area contributed by atoms with Crippen molar-refractivity contribution in [2.75, 3.05) is 19.6 Å². The van der Waals surface area contributed by atoms with Crippen LogP contribution in [0.3, 0.4) is 0 Å². The van der Waals surface area contributed by atoms with Crippen molar-refractivity contribution in [2.45, 2.75) is 32.4 Å². The number of halogens is 1. The zero-order valence-corrected chi connectivity index (χ0v) is 13.0. The highest BCUT2D eigenvalue weighted by molar-refractivity contribution is 7.10. The number of nitrogens with zero attached hydrogens (tertiary/aromatic N) is 1. The second-order valence-electron chi connectivity index (χ2n) is 5.60. The van der Waals surface area contributed by atoms with Crippen LogP contribution < -0.4 is 5.32 Å². The predicted molar refractivity (Wildman–Crippen MR) is 77.9 cm³/mol. The summed E-state index contributed by atoms with van der Waals surface area (Å²) in [6.07, 6.45) is -0.248. The molecule has 1 unspecified atom stereocenters. The summed E-state index contributed by atoms with van der Waals surface area (Å²) in [7, 11) is 0. The van der Waals surface area contributed by atoms with Gasteiger partial charge in [-0.05, 0) is 26.8 Å². The molecule has 4 nitrogen and oxygen atoms in total. The molecule has 1 atom stereocenters. The Labute approximate surface area is 122 Å². The van der Waals surface area contributed by atoms with Crippen molar-refractivity contribution in [1.29, 1.82) is 0 Å². The van der Waals surface area contributed by atoms with Gasteiger partial charge in [0.1, 0.15) is 5.60 Å². The molecule has 1 saturated heterocycles. The molecule has 1 fully saturated rings. The fourth-order valence-electron chi connectivity index (χ4n) is 1.94. The van der Waals surface area contributed by atoms with Crippen LogP contribution in [0.5, 0.6) is 0 Å². The summed E-state index contributed by atoms with van der Waals surface area (Å²) in [6.45, 7) is 7.69. The van der Waals surface area contributed by atoms with E-state index < -0.39 is 5.60 Å². The van der Waals surface area contributed by atoms with E-state index >= 15 is 0 Å². The minimum atomic E-state index is -0.455. The second-order valence-corrected chi connectivity index (χ2v) is 6.98. The third-order valence-corrected chi connectivity index (χ3v) is 4.15. The van der Waals surface area contributed by atoms with E-state index in [0.717, 1.165) is 16.4 Å². The van der Waals surface area contributed by atoms with Crippen LogP contribution in [0.25, 0.3) is 0 Å². The van der Waals surface area contributed by atoms with Crippen LogP contribution in [0, 0.1) is 0 Å². The molecule has 1 aromatic heterocycles. The van der Waals surface area contributed by atoms with E-state index in [4.69, 9.17) is 16.3 Å². The van der Waals surface area contributed by atoms with Gasteiger partial charge >= 0.3 is 6.09 Å². The molecule has 0 spiro atoms. The zero-order valence-electron chi connectivity index (χ0n) is 11.4. The van der Waals surface area contributed by atoms with Crippen molar-refractivity contribution in [2.24, 2.45) is 0 Å². The van der Waals surface area contributed by atoms with Crippen molar-refractivity contribution in [3.8, 4) is 0 Å². The topological polar surface area (TPSA) is 41.6 Å². The molecule has 2 rings (SSSR count). The Balaban J connectivity index is 1.99. The van der Waals surface area contributed by atoms with Gasteiger partial charge in [-0.25, -0.2) is 4.79 Å². The number of hydrogen-bond acceptors (Lipinski definition) is 4. The minimum Gasteiger partial charge on any atom is -0.444 e. The Hall–Kier alpha value is -0.780. The molecule has 19 heavy (non-hydrogen) atoms. The molecule has 1 amide bonds. The number of nitrogens with one attached hydrogen (secondary N) is 1. The van der Waals surface area contributed by atoms with Gasteiger partial charge in [0, 0.05) is 29.9 Å². The fraction of sp³-hybridized carbons (Fsp3) is 0.615. The van der Waals surface area contributed by atoms with E-state index in [0.29, 0.717) is 13.1 Å². The maximum absolute atomic E-state index is 12.0. The molecule has 2 heterocycles. The van der Waals surface area contributed by atoms with Crippen LogP contribution in [0.2, 0.25) is 5.02 Å². The number of carbonyl (C=O) groups excluding carboxylic acids is 1. The molecular formula is C13H19ClN2O2S. The molecule has 0 saturated carbocycles. The Morgan fingerprint density at radius 3 is 2.89 bits per heavy atom. The minimum absolute atomic E-state index is 0.138. The lowest BCUT2D eigenvalue weighted by Crippen LogP contribution is -2.49. The number of thiophene rings is 1. The average molecular weight is 303 g/mol. The number of rotatable bonds is 1. The van der Waals surface area contributed by atoms with E-state index in [1.165, 1.54) is 0 Å². The quantitative estimate of drug-likeness (QED) is 0.865. The first-order valence-electron chi connectivity index (χ1n) is 6.30. The molecule has 0 radical (unpaired) electrons. The number of piperazine rings is 1. The van der Waals surface area contributed by atoms with E-state index in [1.807, 2.05) is 32.2 Å². The maximum Gasteiger partial charge on any atom is 0.410 e. The van der Waals surface area contributed by atoms with Crippen molar-refractivity contribution < 1.29 is 9.53 Å². The molecule has 1 N–H and O–H groups in total. The van der Waals surface area contributed by atoms with Gasteiger partial charge in [-0.2, -0.15) is 0 Å². The molecule has 106 valence electrons. The van der Waals surface area contributed by atoms with Crippen LogP contribution in [-0.4, -0.2) is 36.2 Å². The second kappa shape index (κ2) is 5.69. The molecule has 6 heteroatoms. The smallest absolute Gasteiger partial charge is 0.410 e. The molecule has 1 aromatic rings. The van der Waals surface area contributed by atoms with Crippen LogP contribution in [0.15, 0.2) is 11.4 Å². The van der Waals surface area contributed by atoms with Gasteiger partial charge in [0.15, 0.2) is 0 Å². The van der Waals surface area contributed by atoms with E-state index in [9.17, 15) is 4.79 Å². The van der Waals surface area contributed by atoms with E-state index in [1.54, 1.807) is 16.2 Å². The van der Waals surface area contributed by atoms with Gasteiger partial charge in [0.2, 0.25) is 0 Å². The summed E-state index contributed by atoms with van der Waals surface area (Å²) in [5, 5.41) is 6.05. The first-order chi connectivity index (χ1) is 8.85. The Bertz CT molecular complexity index is 456. The Morgan fingerprint density at radius 1 is 1.58 bits per heavy atom. The zero-order chi connectivity index (χ0) is 14.0. The lowest BCUT2D eigenvalue weighted by molar-refractivity contribution is 0.0196. The average Bonchev–Trinajstić information content (AvgIpc) is 2.74. The van der Waals surface area contributed by atoms with Crippen LogP contribution in [-0.2, 0) is 4.74 Å². The predicted octanol–water partition coefficient (Wildman–Crippen LogP) is 3.28. The molecule has 0 aromatic carbocycles. The standard InChI is InChI=1S/C13H19ClN2O2S/c1-13(2,3)18-12(17)16-5-4-15-10(7-16)11-6-9(14)8-19-11/h6,8,10,15H,4-5,7H2,1-3H3. The van der Waals surface area contributed by atoms with Crippen LogP contribution >= 0.6 is 22.9 Å². The van der Waals surface area contributed by atoms with Crippen LogP contribution in [0.1, 0.15) is 31.7 Å². The van der Waals surface area contributed by atoms with Gasteiger partial charge in [-0.1, -0.05) is 11.6 Å². The van der Waals surface area contributed by atoms with Crippen LogP contribution in [0.4, 0.5) is 4.79 Å². The van der Waals surface area contributed by atoms with E-state index in [-0.39, 0.29) is 12.1 Å². The highest BCUT2D eigenvalue weighted by Gasteiger charge is 2.28. The summed E-state index contributed by atoms with van der Waals surface area (Å²) in [5.41, 5.74) is -0.455. The lowest BCUT2D eigenvalue weighted by Gasteiger charge is -2.34. The third-order valence-electron chi connectivity index (χ3n) is 2.76. The SMILES string of the molecule is CC(C)(C)OC(=O)N1CCNC(c2cc(Cl)cs2)C1. The summed E-state index contributed by atoms with van der Waals surface area (Å²) in [5.74, 6) is 0. The Morgan fingerprint density at radius 2 is 2.32 bits per heavy atom. The van der Waals surface area contributed by atoms with Crippen molar-refractivity contribution in [3.63, 3.8) is 0 Å². The third kappa shape index (κ3) is 4.09. The fourth-order valence-corrected chi connectivity index (χ4v) is 3.09. The van der Waals surface area contributed by atoms with Gasteiger partial charge < -0.3 is 15.0 Å². The molecule has 0 aliphatic carbocycles. The van der Waals surface area contributed by atoms with Gasteiger partial charge in [-0.3, -0.25) is 0 Å². The monoisotopic (exact) mass is 302 g/mol. The first-order valence-corrected chi connectivity index (χ1v) is 7.56. The highest BCUT2D eigenvalue weighted by atomic mass is 35.5. The first kappa shape index (κ1) is 14.6. The van der Waals surface area contributed by atoms with Crippen molar-refractivity contribution in [3.05, 3.63) is 21.3 Å². The summed E-state index contributed by atoms with van der Waals surface area (Å²) in [6, 6.07) is 2.08. The Kier molecular flexibility index (Phi) is 4.38. The summed E-state index contributed by atoms with van der Waals surface area (Å²) >= 11 is 7.55. The summed E-state index contributed by atoms with van der Waals surface area (Å²) in [4.78, 5) is 15.0. The summed E-state index contributed by atoms with van der Waals surface area (Å²) < 4.78 is 5.40. The van der Waals surface area contributed by atoms with E-state index in [2.05, 4.69) is 5.32 Å². The van der Waals surface area contributed by atoms with Gasteiger partial charge in [0.05, 0.1) is 11.1 Å². The molecule has 1 aliphatic rings. The normalized spacial score (nSPS) is 20.4. The number of ether oxygens (including phenoxy) is 1. The van der Waals surface area contributed by atoms with Gasteiger partial charge in [-0.15, -0.1) is 11.3 Å². The van der Waals surface area contributed by atoms with Crippen molar-refractivity contribution in [1.82, 2.24) is 10.2 Å². The number of carbonyl (C=O) groups is 1.